The summed E-state index contributed by atoms with van der Waals surface area (Å²) in [5.41, 5.74) is 0.823. The predicted octanol–water partition coefficient (Wildman–Crippen LogP) is 4.04. The third-order valence-corrected chi connectivity index (χ3v) is 5.17. The molecule has 2 aromatic carbocycles. The molecule has 0 bridgehead atoms. The second-order valence-corrected chi connectivity index (χ2v) is 7.60. The molecule has 0 saturated heterocycles. The van der Waals surface area contributed by atoms with Gasteiger partial charge in [0.15, 0.2) is 0 Å². The molecule has 0 radical (unpaired) electrons. The van der Waals surface area contributed by atoms with E-state index in [4.69, 9.17) is 0 Å². The number of hydrogen-bond donors (Lipinski definition) is 2. The summed E-state index contributed by atoms with van der Waals surface area (Å²) in [6, 6.07) is 19.9. The molecule has 0 aromatic heterocycles. The number of hydrogen-bond acceptors (Lipinski definition) is 3. The van der Waals surface area contributed by atoms with E-state index in [9.17, 15) is 5.11 Å². The van der Waals surface area contributed by atoms with Crippen LogP contribution in [0.4, 0.5) is 0 Å². The predicted molar refractivity (Wildman–Crippen MR) is 101 cm³/mol. The number of thioether (sulfide) groups is 1. The van der Waals surface area contributed by atoms with E-state index in [1.807, 2.05) is 72.4 Å². The van der Waals surface area contributed by atoms with E-state index in [-0.39, 0.29) is 6.04 Å². The minimum Gasteiger partial charge on any atom is -0.379 e. The first-order valence-corrected chi connectivity index (χ1v) is 9.32. The fourth-order valence-electron chi connectivity index (χ4n) is 2.82. The number of likely N-dealkylation sites (N-methyl/N-ethyl adjacent to an activating group) is 1. The molecule has 3 heteroatoms. The standard InChI is InChI=1S/C20H27NOS/c1-4-21-19(15-23-16(2)3)20(22,17-11-7-5-8-12-17)18-13-9-6-10-14-18/h5-14,16,19,21-22H,4,15H2,1-3H3/t19-/m0/s1. The first kappa shape index (κ1) is 18.1. The normalized spacial score (nSPS) is 13.3. The molecule has 124 valence electrons. The van der Waals surface area contributed by atoms with Gasteiger partial charge in [-0.1, -0.05) is 81.4 Å². The van der Waals surface area contributed by atoms with E-state index in [2.05, 4.69) is 26.1 Å². The summed E-state index contributed by atoms with van der Waals surface area (Å²) in [5.74, 6) is 0.853. The van der Waals surface area contributed by atoms with Gasteiger partial charge in [-0.05, 0) is 22.9 Å². The van der Waals surface area contributed by atoms with Crippen molar-refractivity contribution in [2.24, 2.45) is 0 Å². The highest BCUT2D eigenvalue weighted by atomic mass is 32.2. The van der Waals surface area contributed by atoms with Crippen molar-refractivity contribution in [3.63, 3.8) is 0 Å². The van der Waals surface area contributed by atoms with Crippen LogP contribution in [0.3, 0.4) is 0 Å². The van der Waals surface area contributed by atoms with Crippen molar-refractivity contribution >= 4 is 11.8 Å². The Kier molecular flexibility index (Phi) is 6.70. The van der Waals surface area contributed by atoms with E-state index in [0.29, 0.717) is 5.25 Å². The van der Waals surface area contributed by atoms with Crippen LogP contribution in [0.2, 0.25) is 0 Å². The fraction of sp³-hybridized carbons (Fsp3) is 0.400. The van der Waals surface area contributed by atoms with E-state index in [0.717, 1.165) is 23.4 Å². The van der Waals surface area contributed by atoms with Crippen LogP contribution in [0.25, 0.3) is 0 Å². The Balaban J connectivity index is 2.46. The molecule has 0 fully saturated rings. The van der Waals surface area contributed by atoms with Gasteiger partial charge in [0.05, 0.1) is 6.04 Å². The van der Waals surface area contributed by atoms with Gasteiger partial charge in [-0.3, -0.25) is 0 Å². The van der Waals surface area contributed by atoms with Crippen LogP contribution in [0.1, 0.15) is 31.9 Å². The van der Waals surface area contributed by atoms with Crippen LogP contribution in [-0.4, -0.2) is 28.7 Å². The van der Waals surface area contributed by atoms with Gasteiger partial charge < -0.3 is 10.4 Å². The Hall–Kier alpha value is -1.29. The van der Waals surface area contributed by atoms with E-state index in [1.54, 1.807) is 0 Å². The average molecular weight is 330 g/mol. The molecule has 0 amide bonds. The minimum absolute atomic E-state index is 0.0512. The van der Waals surface area contributed by atoms with Gasteiger partial charge in [0.25, 0.3) is 0 Å². The van der Waals surface area contributed by atoms with Crippen molar-refractivity contribution in [3.05, 3.63) is 71.8 Å². The van der Waals surface area contributed by atoms with Crippen molar-refractivity contribution in [2.75, 3.05) is 12.3 Å². The van der Waals surface area contributed by atoms with Gasteiger partial charge in [0.1, 0.15) is 5.60 Å². The van der Waals surface area contributed by atoms with Crippen LogP contribution in [0, 0.1) is 0 Å². The Bertz CT molecular complexity index is 531. The molecule has 0 unspecified atom stereocenters. The maximum Gasteiger partial charge on any atom is 0.131 e. The highest BCUT2D eigenvalue weighted by Gasteiger charge is 2.39. The van der Waals surface area contributed by atoms with Gasteiger partial charge in [-0.25, -0.2) is 0 Å². The first-order valence-electron chi connectivity index (χ1n) is 8.27. The molecule has 2 aromatic rings. The smallest absolute Gasteiger partial charge is 0.131 e. The molecular formula is C20H27NOS. The van der Waals surface area contributed by atoms with Crippen molar-refractivity contribution < 1.29 is 5.11 Å². The van der Waals surface area contributed by atoms with Gasteiger partial charge in [0.2, 0.25) is 0 Å². The van der Waals surface area contributed by atoms with Crippen molar-refractivity contribution in [1.82, 2.24) is 5.32 Å². The highest BCUT2D eigenvalue weighted by molar-refractivity contribution is 7.99. The zero-order valence-corrected chi connectivity index (χ0v) is 15.0. The fourth-order valence-corrected chi connectivity index (χ4v) is 3.75. The molecule has 2 rings (SSSR count). The summed E-state index contributed by atoms with van der Waals surface area (Å²) >= 11 is 1.87. The summed E-state index contributed by atoms with van der Waals surface area (Å²) in [6.45, 7) is 7.30. The molecule has 2 nitrogen and oxygen atoms in total. The summed E-state index contributed by atoms with van der Waals surface area (Å²) in [4.78, 5) is 0. The first-order chi connectivity index (χ1) is 11.1. The molecule has 0 heterocycles. The highest BCUT2D eigenvalue weighted by Crippen LogP contribution is 2.35. The van der Waals surface area contributed by atoms with Crippen LogP contribution in [0.15, 0.2) is 60.7 Å². The molecule has 0 saturated carbocycles. The quantitative estimate of drug-likeness (QED) is 0.766. The zero-order chi connectivity index (χ0) is 16.7. The Labute approximate surface area is 144 Å². The second-order valence-electron chi connectivity index (χ2n) is 5.99. The summed E-state index contributed by atoms with van der Waals surface area (Å²) in [6.07, 6.45) is 0. The van der Waals surface area contributed by atoms with Gasteiger partial charge in [-0.2, -0.15) is 11.8 Å². The SMILES string of the molecule is CCN[C@@H](CSC(C)C)C(O)(c1ccccc1)c1ccccc1. The van der Waals surface area contributed by atoms with Crippen LogP contribution < -0.4 is 5.32 Å². The Morgan fingerprint density at radius 2 is 1.43 bits per heavy atom. The summed E-state index contributed by atoms with van der Waals surface area (Å²) in [5, 5.41) is 15.8. The molecule has 2 N–H and O–H groups in total. The number of benzene rings is 2. The van der Waals surface area contributed by atoms with Crippen LogP contribution in [0.5, 0.6) is 0 Å². The minimum atomic E-state index is -1.04. The van der Waals surface area contributed by atoms with Gasteiger partial charge >= 0.3 is 0 Å². The van der Waals surface area contributed by atoms with Gasteiger partial charge in [-0.15, -0.1) is 0 Å². The van der Waals surface area contributed by atoms with E-state index in [1.165, 1.54) is 0 Å². The maximum absolute atomic E-state index is 11.8. The largest absolute Gasteiger partial charge is 0.379 e. The second kappa shape index (κ2) is 8.53. The number of aliphatic hydroxyl groups is 1. The topological polar surface area (TPSA) is 32.3 Å². The average Bonchev–Trinajstić information content (AvgIpc) is 2.59. The summed E-state index contributed by atoms with van der Waals surface area (Å²) in [7, 11) is 0. The lowest BCUT2D eigenvalue weighted by atomic mass is 9.80. The molecule has 1 atom stereocenters. The Morgan fingerprint density at radius 1 is 0.957 bits per heavy atom. The van der Waals surface area contributed by atoms with Crippen LogP contribution in [-0.2, 0) is 5.60 Å². The van der Waals surface area contributed by atoms with E-state index < -0.39 is 5.60 Å². The molecular weight excluding hydrogens is 302 g/mol. The number of nitrogens with one attached hydrogen (secondary N) is 1. The molecule has 0 spiro atoms. The van der Waals surface area contributed by atoms with E-state index >= 15 is 0 Å². The third kappa shape index (κ3) is 4.37. The lowest BCUT2D eigenvalue weighted by molar-refractivity contribution is 0.0462. The molecule has 23 heavy (non-hydrogen) atoms. The number of rotatable bonds is 8. The lowest BCUT2D eigenvalue weighted by Crippen LogP contribution is -2.51. The maximum atomic E-state index is 11.8. The van der Waals surface area contributed by atoms with Gasteiger partial charge in [0, 0.05) is 5.75 Å². The zero-order valence-electron chi connectivity index (χ0n) is 14.2. The van der Waals surface area contributed by atoms with Crippen molar-refractivity contribution in [1.29, 1.82) is 0 Å². The molecule has 0 aliphatic rings. The molecule has 0 aliphatic carbocycles. The molecule has 0 aliphatic heterocycles. The van der Waals surface area contributed by atoms with Crippen molar-refractivity contribution in [3.8, 4) is 0 Å². The monoisotopic (exact) mass is 329 g/mol. The lowest BCUT2D eigenvalue weighted by Gasteiger charge is -2.38. The van der Waals surface area contributed by atoms with Crippen molar-refractivity contribution in [2.45, 2.75) is 37.7 Å². The van der Waals surface area contributed by atoms with Crippen LogP contribution >= 0.6 is 11.8 Å². The third-order valence-electron chi connectivity index (χ3n) is 3.98. The Morgan fingerprint density at radius 3 is 1.83 bits per heavy atom. The summed E-state index contributed by atoms with van der Waals surface area (Å²) < 4.78 is 0.